The van der Waals surface area contributed by atoms with Crippen LogP contribution in [0.15, 0.2) is 23.3 Å². The summed E-state index contributed by atoms with van der Waals surface area (Å²) in [6, 6.07) is 3.96. The molecule has 0 aliphatic heterocycles. The summed E-state index contributed by atoms with van der Waals surface area (Å²) in [6.45, 7) is 1.09. The molecule has 0 radical (unpaired) electrons. The monoisotopic (exact) mass is 181 g/mol. The quantitative estimate of drug-likeness (QED) is 0.291. The van der Waals surface area contributed by atoms with Crippen LogP contribution in [0.3, 0.4) is 0 Å². The molecule has 0 saturated heterocycles. The lowest BCUT2D eigenvalue weighted by Gasteiger charge is -2.08. The summed E-state index contributed by atoms with van der Waals surface area (Å²) >= 11 is 0. The first-order valence-corrected chi connectivity index (χ1v) is 4.13. The summed E-state index contributed by atoms with van der Waals surface area (Å²) in [6.07, 6.45) is 1.89. The fourth-order valence-electron chi connectivity index (χ4n) is 0.974. The Morgan fingerprint density at radius 2 is 2.46 bits per heavy atom. The number of aliphatic imine (C=N–C) groups is 1. The predicted molar refractivity (Wildman–Crippen MR) is 53.2 cm³/mol. The van der Waals surface area contributed by atoms with Crippen molar-refractivity contribution in [3.8, 4) is 0 Å². The zero-order valence-electron chi connectivity index (χ0n) is 7.67. The van der Waals surface area contributed by atoms with Gasteiger partial charge in [0.2, 0.25) is 0 Å². The van der Waals surface area contributed by atoms with E-state index in [0.717, 1.165) is 5.69 Å². The van der Waals surface area contributed by atoms with Crippen LogP contribution >= 0.6 is 0 Å². The summed E-state index contributed by atoms with van der Waals surface area (Å²) in [5, 5.41) is 6.00. The molecule has 0 amide bonds. The largest absolute Gasteiger partial charge is 0.364 e. The molecule has 0 spiro atoms. The van der Waals surface area contributed by atoms with Gasteiger partial charge in [-0.1, -0.05) is 0 Å². The number of nitrogens with two attached hydrogens (primary N) is 1. The SMILES string of the molecule is CN=C(NCN)NCc1ccc[nH]1. The maximum Gasteiger partial charge on any atom is 0.192 e. The number of nitrogens with zero attached hydrogens (tertiary/aromatic N) is 1. The van der Waals surface area contributed by atoms with Crippen molar-refractivity contribution in [3.05, 3.63) is 24.0 Å². The van der Waals surface area contributed by atoms with Crippen molar-refractivity contribution >= 4 is 5.96 Å². The zero-order chi connectivity index (χ0) is 9.52. The Labute approximate surface area is 77.4 Å². The van der Waals surface area contributed by atoms with Gasteiger partial charge in [0.1, 0.15) is 0 Å². The lowest BCUT2D eigenvalue weighted by molar-refractivity contribution is 0.805. The summed E-state index contributed by atoms with van der Waals surface area (Å²) in [7, 11) is 1.71. The third kappa shape index (κ3) is 3.16. The van der Waals surface area contributed by atoms with Crippen molar-refractivity contribution in [2.24, 2.45) is 10.7 Å². The molecule has 5 N–H and O–H groups in total. The molecule has 0 saturated carbocycles. The molecular weight excluding hydrogens is 166 g/mol. The van der Waals surface area contributed by atoms with Gasteiger partial charge in [0.05, 0.1) is 13.2 Å². The minimum atomic E-state index is 0.379. The minimum Gasteiger partial charge on any atom is -0.364 e. The van der Waals surface area contributed by atoms with Gasteiger partial charge in [-0.3, -0.25) is 4.99 Å². The molecule has 1 aromatic rings. The van der Waals surface area contributed by atoms with E-state index >= 15 is 0 Å². The van der Waals surface area contributed by atoms with Gasteiger partial charge < -0.3 is 21.4 Å². The Morgan fingerprint density at radius 1 is 1.62 bits per heavy atom. The average molecular weight is 181 g/mol. The molecule has 0 atom stereocenters. The Hall–Kier alpha value is -1.49. The second-order valence-electron chi connectivity index (χ2n) is 2.50. The number of aromatic nitrogens is 1. The zero-order valence-corrected chi connectivity index (χ0v) is 7.67. The van der Waals surface area contributed by atoms with Crippen LogP contribution in [0.4, 0.5) is 0 Å². The van der Waals surface area contributed by atoms with Crippen LogP contribution in [0.2, 0.25) is 0 Å². The molecule has 5 nitrogen and oxygen atoms in total. The number of rotatable bonds is 3. The Balaban J connectivity index is 2.33. The van der Waals surface area contributed by atoms with Gasteiger partial charge in [0.15, 0.2) is 5.96 Å². The van der Waals surface area contributed by atoms with Gasteiger partial charge in [-0.25, -0.2) is 0 Å². The van der Waals surface area contributed by atoms with Gasteiger partial charge in [0, 0.05) is 18.9 Å². The van der Waals surface area contributed by atoms with Crippen molar-refractivity contribution in [1.82, 2.24) is 15.6 Å². The number of aromatic amines is 1. The van der Waals surface area contributed by atoms with Crippen LogP contribution < -0.4 is 16.4 Å². The molecule has 0 aliphatic rings. The summed E-state index contributed by atoms with van der Waals surface area (Å²) in [5.74, 6) is 0.706. The first-order valence-electron chi connectivity index (χ1n) is 4.13. The van der Waals surface area contributed by atoms with Gasteiger partial charge in [0.25, 0.3) is 0 Å². The van der Waals surface area contributed by atoms with Crippen molar-refractivity contribution in [1.29, 1.82) is 0 Å². The molecular formula is C8H15N5. The highest BCUT2D eigenvalue weighted by Gasteiger charge is 1.95. The number of H-pyrrole nitrogens is 1. The predicted octanol–water partition coefficient (Wildman–Crippen LogP) is -0.404. The highest BCUT2D eigenvalue weighted by molar-refractivity contribution is 5.79. The number of guanidine groups is 1. The third-order valence-electron chi connectivity index (χ3n) is 1.60. The van der Waals surface area contributed by atoms with E-state index in [2.05, 4.69) is 20.6 Å². The lowest BCUT2D eigenvalue weighted by Crippen LogP contribution is -2.39. The second kappa shape index (κ2) is 5.21. The minimum absolute atomic E-state index is 0.379. The standard InChI is InChI=1S/C8H15N5/c1-10-8(13-6-9)12-5-7-3-2-4-11-7/h2-4,11H,5-6,9H2,1H3,(H2,10,12,13). The van der Waals surface area contributed by atoms with Crippen molar-refractivity contribution in [2.45, 2.75) is 6.54 Å². The Morgan fingerprint density at radius 3 is 3.00 bits per heavy atom. The number of hydrogen-bond donors (Lipinski definition) is 4. The normalized spacial score (nSPS) is 11.4. The molecule has 1 heterocycles. The molecule has 5 heteroatoms. The Kier molecular flexibility index (Phi) is 3.84. The summed E-state index contributed by atoms with van der Waals surface area (Å²) in [4.78, 5) is 7.06. The Bertz CT molecular complexity index is 252. The van der Waals surface area contributed by atoms with E-state index in [0.29, 0.717) is 19.2 Å². The number of hydrogen-bond acceptors (Lipinski definition) is 2. The van der Waals surface area contributed by atoms with Gasteiger partial charge in [-0.15, -0.1) is 0 Å². The van der Waals surface area contributed by atoms with Crippen LogP contribution in [0.1, 0.15) is 5.69 Å². The third-order valence-corrected chi connectivity index (χ3v) is 1.60. The second-order valence-corrected chi connectivity index (χ2v) is 2.50. The van der Waals surface area contributed by atoms with Gasteiger partial charge >= 0.3 is 0 Å². The highest BCUT2D eigenvalue weighted by atomic mass is 15.2. The van der Waals surface area contributed by atoms with Crippen LogP contribution in [0.25, 0.3) is 0 Å². The fraction of sp³-hybridized carbons (Fsp3) is 0.375. The van der Waals surface area contributed by atoms with Crippen molar-refractivity contribution in [3.63, 3.8) is 0 Å². The van der Waals surface area contributed by atoms with Gasteiger partial charge in [-0.2, -0.15) is 0 Å². The van der Waals surface area contributed by atoms with E-state index in [1.807, 2.05) is 18.3 Å². The fourth-order valence-corrected chi connectivity index (χ4v) is 0.974. The average Bonchev–Trinajstić information content (AvgIpc) is 2.64. The summed E-state index contributed by atoms with van der Waals surface area (Å²) < 4.78 is 0. The summed E-state index contributed by atoms with van der Waals surface area (Å²) in [5.41, 5.74) is 6.43. The van der Waals surface area contributed by atoms with Crippen LogP contribution in [-0.4, -0.2) is 24.7 Å². The maximum atomic E-state index is 5.31. The molecule has 0 unspecified atom stereocenters. The smallest absolute Gasteiger partial charge is 0.192 e. The van der Waals surface area contributed by atoms with E-state index < -0.39 is 0 Å². The lowest BCUT2D eigenvalue weighted by atomic mass is 10.4. The molecule has 13 heavy (non-hydrogen) atoms. The first kappa shape index (κ1) is 9.60. The molecule has 0 fully saturated rings. The van der Waals surface area contributed by atoms with Crippen molar-refractivity contribution in [2.75, 3.05) is 13.7 Å². The molecule has 72 valence electrons. The highest BCUT2D eigenvalue weighted by Crippen LogP contribution is 1.92. The van der Waals surface area contributed by atoms with Crippen LogP contribution in [0, 0.1) is 0 Å². The van der Waals surface area contributed by atoms with Crippen molar-refractivity contribution < 1.29 is 0 Å². The van der Waals surface area contributed by atoms with E-state index in [1.54, 1.807) is 7.05 Å². The molecule has 0 aliphatic carbocycles. The maximum absolute atomic E-state index is 5.31. The number of nitrogens with one attached hydrogen (secondary N) is 3. The van der Waals surface area contributed by atoms with E-state index in [-0.39, 0.29) is 0 Å². The van der Waals surface area contributed by atoms with Gasteiger partial charge in [-0.05, 0) is 12.1 Å². The van der Waals surface area contributed by atoms with E-state index in [4.69, 9.17) is 5.73 Å². The topological polar surface area (TPSA) is 78.2 Å². The molecule has 0 bridgehead atoms. The molecule has 1 aromatic heterocycles. The van der Waals surface area contributed by atoms with Crippen LogP contribution in [-0.2, 0) is 6.54 Å². The van der Waals surface area contributed by atoms with E-state index in [1.165, 1.54) is 0 Å². The molecule has 1 rings (SSSR count). The van der Waals surface area contributed by atoms with Crippen LogP contribution in [0.5, 0.6) is 0 Å². The first-order chi connectivity index (χ1) is 6.36. The molecule has 0 aromatic carbocycles. The van der Waals surface area contributed by atoms with E-state index in [9.17, 15) is 0 Å².